The molecule has 0 saturated carbocycles. The minimum Gasteiger partial charge on any atom is -0.455 e. The van der Waals surface area contributed by atoms with Gasteiger partial charge in [0.2, 0.25) is 5.91 Å². The molecule has 2 unspecified atom stereocenters. The molecule has 1 aromatic heterocycles. The van der Waals surface area contributed by atoms with Crippen molar-refractivity contribution in [3.05, 3.63) is 48.3 Å². The van der Waals surface area contributed by atoms with Gasteiger partial charge in [-0.1, -0.05) is 19.1 Å². The molecular weight excluding hydrogens is 439 g/mol. The molecule has 2 amide bonds. The van der Waals surface area contributed by atoms with Gasteiger partial charge in [0, 0.05) is 25.7 Å². The lowest BCUT2D eigenvalue weighted by Crippen LogP contribution is -2.34. The molecule has 3 N–H and O–H groups in total. The van der Waals surface area contributed by atoms with Crippen LogP contribution in [0.1, 0.15) is 36.7 Å². The fourth-order valence-electron chi connectivity index (χ4n) is 3.54. The van der Waals surface area contributed by atoms with Crippen LogP contribution in [0.5, 0.6) is 11.5 Å². The Balaban J connectivity index is 0.00000240. The predicted octanol–water partition coefficient (Wildman–Crippen LogP) is 4.04. The SMILES string of the molecule is CNC(=O)c1cc(Oc2ccccc2NC(=O)CC(C)C2CCCNC2)ccn1.Cl.Cl. The first kappa shape index (κ1) is 26.7. The van der Waals surface area contributed by atoms with Gasteiger partial charge in [0.25, 0.3) is 5.91 Å². The average Bonchev–Trinajstić information content (AvgIpc) is 2.75. The predicted molar refractivity (Wildman–Crippen MR) is 127 cm³/mol. The summed E-state index contributed by atoms with van der Waals surface area (Å²) in [6, 6.07) is 10.5. The van der Waals surface area contributed by atoms with Crippen molar-refractivity contribution in [2.45, 2.75) is 26.2 Å². The highest BCUT2D eigenvalue weighted by Crippen LogP contribution is 2.30. The van der Waals surface area contributed by atoms with Gasteiger partial charge in [-0.2, -0.15) is 0 Å². The van der Waals surface area contributed by atoms with E-state index in [2.05, 4.69) is 27.9 Å². The third kappa shape index (κ3) is 7.69. The number of para-hydroxylation sites is 2. The monoisotopic (exact) mass is 468 g/mol. The standard InChI is InChI=1S/C22H28N4O3.2ClH/c1-15(16-6-5-10-24-14-16)12-21(27)26-18-7-3-4-8-20(18)29-17-9-11-25-19(13-17)22(28)23-2;;/h3-4,7-9,11,13,15-16,24H,5-6,10,12,14H2,1-2H3,(H,23,28)(H,26,27);2*1H. The molecule has 2 heterocycles. The minimum absolute atomic E-state index is 0. The maximum Gasteiger partial charge on any atom is 0.269 e. The molecule has 1 fully saturated rings. The topological polar surface area (TPSA) is 92.4 Å². The molecule has 7 nitrogen and oxygen atoms in total. The van der Waals surface area contributed by atoms with E-state index in [0.29, 0.717) is 35.4 Å². The zero-order chi connectivity index (χ0) is 20.6. The minimum atomic E-state index is -0.289. The number of amides is 2. The van der Waals surface area contributed by atoms with Gasteiger partial charge in [0.1, 0.15) is 11.4 Å². The molecule has 0 radical (unpaired) electrons. The van der Waals surface area contributed by atoms with E-state index < -0.39 is 0 Å². The third-order valence-electron chi connectivity index (χ3n) is 5.23. The summed E-state index contributed by atoms with van der Waals surface area (Å²) in [5.74, 6) is 1.51. The van der Waals surface area contributed by atoms with Crippen molar-refractivity contribution in [1.82, 2.24) is 15.6 Å². The Kier molecular flexibility index (Phi) is 11.3. The summed E-state index contributed by atoms with van der Waals surface area (Å²) < 4.78 is 5.92. The van der Waals surface area contributed by atoms with E-state index in [0.717, 1.165) is 25.9 Å². The van der Waals surface area contributed by atoms with Crippen LogP contribution in [0, 0.1) is 11.8 Å². The molecule has 1 aliphatic heterocycles. The van der Waals surface area contributed by atoms with Gasteiger partial charge in [0.15, 0.2) is 5.75 Å². The summed E-state index contributed by atoms with van der Waals surface area (Å²) in [5.41, 5.74) is 0.867. The Hall–Kier alpha value is -2.35. The fraction of sp³-hybridized carbons (Fsp3) is 0.409. The maximum absolute atomic E-state index is 12.6. The van der Waals surface area contributed by atoms with E-state index in [1.807, 2.05) is 12.1 Å². The number of ether oxygens (including phenoxy) is 1. The molecule has 1 aliphatic rings. The second kappa shape index (κ2) is 13.1. The summed E-state index contributed by atoms with van der Waals surface area (Å²) in [6.45, 7) is 4.18. The number of hydrogen-bond acceptors (Lipinski definition) is 5. The van der Waals surface area contributed by atoms with Crippen molar-refractivity contribution in [2.24, 2.45) is 11.8 Å². The van der Waals surface area contributed by atoms with Crippen LogP contribution in [0.3, 0.4) is 0 Å². The number of pyridine rings is 1. The van der Waals surface area contributed by atoms with Crippen LogP contribution in [-0.2, 0) is 4.79 Å². The fourth-order valence-corrected chi connectivity index (χ4v) is 3.54. The van der Waals surface area contributed by atoms with Crippen LogP contribution in [0.15, 0.2) is 42.6 Å². The van der Waals surface area contributed by atoms with Crippen LogP contribution < -0.4 is 20.7 Å². The van der Waals surface area contributed by atoms with Crippen molar-refractivity contribution in [3.63, 3.8) is 0 Å². The number of hydrogen-bond donors (Lipinski definition) is 3. The lowest BCUT2D eigenvalue weighted by molar-refractivity contribution is -0.117. The molecule has 0 spiro atoms. The number of nitrogens with one attached hydrogen (secondary N) is 3. The number of anilines is 1. The van der Waals surface area contributed by atoms with Gasteiger partial charge in [-0.15, -0.1) is 24.8 Å². The van der Waals surface area contributed by atoms with Crippen molar-refractivity contribution in [1.29, 1.82) is 0 Å². The van der Waals surface area contributed by atoms with Crippen LogP contribution in [0.4, 0.5) is 5.69 Å². The van der Waals surface area contributed by atoms with Crippen LogP contribution in [0.2, 0.25) is 0 Å². The number of aromatic nitrogens is 1. The van der Waals surface area contributed by atoms with E-state index in [1.165, 1.54) is 6.20 Å². The van der Waals surface area contributed by atoms with Gasteiger partial charge >= 0.3 is 0 Å². The summed E-state index contributed by atoms with van der Waals surface area (Å²) in [6.07, 6.45) is 4.31. The van der Waals surface area contributed by atoms with Gasteiger partial charge < -0.3 is 20.7 Å². The van der Waals surface area contributed by atoms with Crippen molar-refractivity contribution < 1.29 is 14.3 Å². The van der Waals surface area contributed by atoms with E-state index in [-0.39, 0.29) is 42.3 Å². The third-order valence-corrected chi connectivity index (χ3v) is 5.23. The molecule has 9 heteroatoms. The lowest BCUT2D eigenvalue weighted by Gasteiger charge is -2.28. The van der Waals surface area contributed by atoms with E-state index >= 15 is 0 Å². The number of piperidine rings is 1. The number of carbonyl (C=O) groups excluding carboxylic acids is 2. The first-order valence-electron chi connectivity index (χ1n) is 10.0. The Morgan fingerprint density at radius 3 is 2.74 bits per heavy atom. The zero-order valence-corrected chi connectivity index (χ0v) is 19.4. The largest absolute Gasteiger partial charge is 0.455 e. The Labute approximate surface area is 195 Å². The van der Waals surface area contributed by atoms with Gasteiger partial charge in [-0.05, 0) is 56.0 Å². The lowest BCUT2D eigenvalue weighted by atomic mass is 9.85. The second-order valence-electron chi connectivity index (χ2n) is 7.39. The molecule has 1 saturated heterocycles. The number of nitrogens with zero attached hydrogens (tertiary/aromatic N) is 1. The summed E-state index contributed by atoms with van der Waals surface area (Å²) in [7, 11) is 1.55. The van der Waals surface area contributed by atoms with Crippen molar-refractivity contribution in [3.8, 4) is 11.5 Å². The van der Waals surface area contributed by atoms with E-state index in [9.17, 15) is 9.59 Å². The average molecular weight is 469 g/mol. The number of carbonyl (C=O) groups is 2. The highest BCUT2D eigenvalue weighted by atomic mass is 35.5. The number of halogens is 2. The number of rotatable bonds is 7. The van der Waals surface area contributed by atoms with E-state index in [4.69, 9.17) is 4.74 Å². The molecule has 1 aromatic carbocycles. The van der Waals surface area contributed by atoms with Crippen molar-refractivity contribution in [2.75, 3.05) is 25.5 Å². The molecular formula is C22H30Cl2N4O3. The smallest absolute Gasteiger partial charge is 0.269 e. The quantitative estimate of drug-likeness (QED) is 0.569. The van der Waals surface area contributed by atoms with Gasteiger partial charge in [-0.3, -0.25) is 14.6 Å². The molecule has 31 heavy (non-hydrogen) atoms. The summed E-state index contributed by atoms with van der Waals surface area (Å²) >= 11 is 0. The highest BCUT2D eigenvalue weighted by molar-refractivity contribution is 5.93. The molecule has 2 atom stereocenters. The zero-order valence-electron chi connectivity index (χ0n) is 17.7. The molecule has 2 aromatic rings. The number of benzene rings is 1. The molecule has 3 rings (SSSR count). The molecule has 0 bridgehead atoms. The second-order valence-corrected chi connectivity index (χ2v) is 7.39. The normalized spacial score (nSPS) is 16.1. The van der Waals surface area contributed by atoms with Crippen LogP contribution in [0.25, 0.3) is 0 Å². The Bertz CT molecular complexity index is 860. The highest BCUT2D eigenvalue weighted by Gasteiger charge is 2.22. The van der Waals surface area contributed by atoms with E-state index in [1.54, 1.807) is 31.3 Å². The Morgan fingerprint density at radius 1 is 1.26 bits per heavy atom. The summed E-state index contributed by atoms with van der Waals surface area (Å²) in [4.78, 5) is 28.4. The summed E-state index contributed by atoms with van der Waals surface area (Å²) in [5, 5.41) is 8.91. The molecule has 0 aliphatic carbocycles. The van der Waals surface area contributed by atoms with Crippen LogP contribution in [-0.4, -0.2) is 36.9 Å². The first-order chi connectivity index (χ1) is 14.1. The van der Waals surface area contributed by atoms with Crippen molar-refractivity contribution >= 4 is 42.3 Å². The molecule has 170 valence electrons. The maximum atomic E-state index is 12.6. The van der Waals surface area contributed by atoms with Gasteiger partial charge in [0.05, 0.1) is 5.69 Å². The van der Waals surface area contributed by atoms with Gasteiger partial charge in [-0.25, -0.2) is 0 Å². The first-order valence-corrected chi connectivity index (χ1v) is 10.0. The van der Waals surface area contributed by atoms with Crippen LogP contribution >= 0.6 is 24.8 Å². The Morgan fingerprint density at radius 2 is 2.03 bits per heavy atom.